The molecule has 3 N–H and O–H groups in total. The average molecular weight is 621 g/mol. The van der Waals surface area contributed by atoms with Gasteiger partial charge in [-0.25, -0.2) is 0 Å². The van der Waals surface area contributed by atoms with Crippen molar-refractivity contribution in [1.29, 1.82) is 0 Å². The topological polar surface area (TPSA) is 96.5 Å². The molecule has 4 aromatic rings. The Labute approximate surface area is 258 Å². The molecule has 0 aliphatic rings. The number of thioether (sulfide) groups is 1. The van der Waals surface area contributed by atoms with Gasteiger partial charge in [0.15, 0.2) is 0 Å². The second kappa shape index (κ2) is 14.6. The molecule has 0 fully saturated rings. The normalized spacial score (nSPS) is 11.8. The van der Waals surface area contributed by atoms with E-state index in [1.807, 2.05) is 18.2 Å². The number of carbonyl (C=O) groups excluding carboxylic acids is 3. The standard InChI is InChI=1S/C32H27Cl2N3O4S/c1-20(30(38)36-26-17-23(33)16-24(34)18-26)42-27-13-8-12-25(19-27)35-32(40)28(15-22-11-6-7-14-29(22)41-2)37-31(39)21-9-4-3-5-10-21/h3-20H,1-2H3,(H,35,40)(H,36,38)(H,37,39)/b28-15+. The van der Waals surface area contributed by atoms with Crippen LogP contribution in [0.25, 0.3) is 6.08 Å². The third-order valence-electron chi connectivity index (χ3n) is 5.87. The molecule has 0 heterocycles. The number of benzene rings is 4. The Kier molecular flexibility index (Phi) is 10.7. The van der Waals surface area contributed by atoms with Crippen LogP contribution in [-0.2, 0) is 9.59 Å². The van der Waals surface area contributed by atoms with E-state index in [0.717, 1.165) is 4.90 Å². The van der Waals surface area contributed by atoms with Crippen molar-refractivity contribution in [2.75, 3.05) is 17.7 Å². The Hall–Kier alpha value is -4.24. The van der Waals surface area contributed by atoms with E-state index in [9.17, 15) is 14.4 Å². The monoisotopic (exact) mass is 619 g/mol. The highest BCUT2D eigenvalue weighted by Crippen LogP contribution is 2.28. The van der Waals surface area contributed by atoms with Crippen molar-refractivity contribution in [3.63, 3.8) is 0 Å². The fourth-order valence-corrected chi connectivity index (χ4v) is 5.31. The van der Waals surface area contributed by atoms with Crippen molar-refractivity contribution >= 4 is 70.1 Å². The Morgan fingerprint density at radius 2 is 1.50 bits per heavy atom. The molecule has 214 valence electrons. The lowest BCUT2D eigenvalue weighted by Gasteiger charge is -2.15. The number of nitrogens with one attached hydrogen (secondary N) is 3. The number of methoxy groups -OCH3 is 1. The minimum Gasteiger partial charge on any atom is -0.496 e. The maximum Gasteiger partial charge on any atom is 0.272 e. The minimum atomic E-state index is -0.532. The third-order valence-corrected chi connectivity index (χ3v) is 7.40. The summed E-state index contributed by atoms with van der Waals surface area (Å²) in [5, 5.41) is 8.74. The zero-order valence-corrected chi connectivity index (χ0v) is 25.0. The van der Waals surface area contributed by atoms with E-state index in [4.69, 9.17) is 27.9 Å². The van der Waals surface area contributed by atoms with Crippen molar-refractivity contribution in [2.45, 2.75) is 17.1 Å². The van der Waals surface area contributed by atoms with Crippen molar-refractivity contribution in [2.24, 2.45) is 0 Å². The molecule has 0 aliphatic carbocycles. The van der Waals surface area contributed by atoms with E-state index in [0.29, 0.717) is 38.3 Å². The molecule has 0 bridgehead atoms. The molecule has 0 saturated carbocycles. The number of hydrogen-bond donors (Lipinski definition) is 3. The summed E-state index contributed by atoms with van der Waals surface area (Å²) < 4.78 is 5.42. The van der Waals surface area contributed by atoms with Crippen molar-refractivity contribution in [3.05, 3.63) is 124 Å². The van der Waals surface area contributed by atoms with Crippen molar-refractivity contribution in [1.82, 2.24) is 5.32 Å². The molecule has 3 amide bonds. The fourth-order valence-electron chi connectivity index (χ4n) is 3.86. The summed E-state index contributed by atoms with van der Waals surface area (Å²) in [5.41, 5.74) is 2.03. The Morgan fingerprint density at radius 3 is 2.21 bits per heavy atom. The van der Waals surface area contributed by atoms with Gasteiger partial charge in [-0.1, -0.05) is 65.7 Å². The van der Waals surface area contributed by atoms with E-state index >= 15 is 0 Å². The van der Waals surface area contributed by atoms with Crippen LogP contribution in [0.5, 0.6) is 5.75 Å². The van der Waals surface area contributed by atoms with Gasteiger partial charge in [0, 0.05) is 37.4 Å². The summed E-state index contributed by atoms with van der Waals surface area (Å²) in [5.74, 6) is -0.658. The zero-order valence-electron chi connectivity index (χ0n) is 22.7. The highest BCUT2D eigenvalue weighted by Gasteiger charge is 2.18. The number of carbonyl (C=O) groups is 3. The van der Waals surface area contributed by atoms with Gasteiger partial charge in [0.1, 0.15) is 11.4 Å². The molecule has 0 aromatic heterocycles. The predicted octanol–water partition coefficient (Wildman–Crippen LogP) is 7.53. The summed E-state index contributed by atoms with van der Waals surface area (Å²) in [4.78, 5) is 39.9. The number of halogens is 2. The first-order valence-electron chi connectivity index (χ1n) is 12.8. The summed E-state index contributed by atoms with van der Waals surface area (Å²) in [6.45, 7) is 1.77. The highest BCUT2D eigenvalue weighted by atomic mass is 35.5. The Balaban J connectivity index is 1.50. The lowest BCUT2D eigenvalue weighted by molar-refractivity contribution is -0.115. The lowest BCUT2D eigenvalue weighted by Crippen LogP contribution is -2.30. The van der Waals surface area contributed by atoms with Gasteiger partial charge < -0.3 is 20.7 Å². The van der Waals surface area contributed by atoms with Gasteiger partial charge in [0.25, 0.3) is 11.8 Å². The third kappa shape index (κ3) is 8.63. The van der Waals surface area contributed by atoms with Crippen LogP contribution < -0.4 is 20.7 Å². The van der Waals surface area contributed by atoms with Crippen LogP contribution in [0.1, 0.15) is 22.8 Å². The number of para-hydroxylation sites is 1. The first kappa shape index (κ1) is 30.7. The number of ether oxygens (including phenoxy) is 1. The molecular weight excluding hydrogens is 593 g/mol. The summed E-state index contributed by atoms with van der Waals surface area (Å²) in [6.07, 6.45) is 1.56. The van der Waals surface area contributed by atoms with Crippen LogP contribution >= 0.6 is 35.0 Å². The molecule has 0 saturated heterocycles. The van der Waals surface area contributed by atoms with E-state index < -0.39 is 17.1 Å². The van der Waals surface area contributed by atoms with Crippen LogP contribution in [0.4, 0.5) is 11.4 Å². The number of amides is 3. The predicted molar refractivity (Wildman–Crippen MR) is 170 cm³/mol. The van der Waals surface area contributed by atoms with Crippen LogP contribution in [0.3, 0.4) is 0 Å². The van der Waals surface area contributed by atoms with Gasteiger partial charge in [0.05, 0.1) is 12.4 Å². The van der Waals surface area contributed by atoms with E-state index in [1.54, 1.807) is 91.9 Å². The van der Waals surface area contributed by atoms with Crippen LogP contribution in [0, 0.1) is 0 Å². The molecule has 1 atom stereocenters. The Bertz CT molecular complexity index is 1610. The van der Waals surface area contributed by atoms with Crippen molar-refractivity contribution in [3.8, 4) is 5.75 Å². The van der Waals surface area contributed by atoms with Gasteiger partial charge >= 0.3 is 0 Å². The molecule has 7 nitrogen and oxygen atoms in total. The minimum absolute atomic E-state index is 0.0272. The zero-order chi connectivity index (χ0) is 30.1. The van der Waals surface area contributed by atoms with Crippen LogP contribution in [-0.4, -0.2) is 30.1 Å². The van der Waals surface area contributed by atoms with E-state index in [2.05, 4.69) is 16.0 Å². The second-order valence-electron chi connectivity index (χ2n) is 9.01. The lowest BCUT2D eigenvalue weighted by atomic mass is 10.1. The first-order valence-corrected chi connectivity index (χ1v) is 14.4. The molecule has 1 unspecified atom stereocenters. The molecule has 42 heavy (non-hydrogen) atoms. The largest absolute Gasteiger partial charge is 0.496 e. The van der Waals surface area contributed by atoms with Crippen LogP contribution in [0.2, 0.25) is 10.0 Å². The molecule has 10 heteroatoms. The molecule has 0 spiro atoms. The quantitative estimate of drug-likeness (QED) is 0.126. The number of anilines is 2. The highest BCUT2D eigenvalue weighted by molar-refractivity contribution is 8.00. The smallest absolute Gasteiger partial charge is 0.272 e. The summed E-state index contributed by atoms with van der Waals surface area (Å²) in [6, 6.07) is 27.7. The molecule has 4 aromatic carbocycles. The maximum absolute atomic E-state index is 13.5. The Morgan fingerprint density at radius 1 is 0.810 bits per heavy atom. The fraction of sp³-hybridized carbons (Fsp3) is 0.0938. The van der Waals surface area contributed by atoms with Gasteiger partial charge in [-0.2, -0.15) is 0 Å². The van der Waals surface area contributed by atoms with Crippen LogP contribution in [0.15, 0.2) is 108 Å². The molecule has 0 radical (unpaired) electrons. The van der Waals surface area contributed by atoms with Gasteiger partial charge in [-0.05, 0) is 67.6 Å². The SMILES string of the molecule is COc1ccccc1/C=C(/NC(=O)c1ccccc1)C(=O)Nc1cccc(SC(C)C(=O)Nc2cc(Cl)cc(Cl)c2)c1. The van der Waals surface area contributed by atoms with E-state index in [1.165, 1.54) is 18.9 Å². The summed E-state index contributed by atoms with van der Waals surface area (Å²) in [7, 11) is 1.53. The molecular formula is C32H27Cl2N3O4S. The van der Waals surface area contributed by atoms with Gasteiger partial charge in [-0.15, -0.1) is 11.8 Å². The molecule has 4 rings (SSSR count). The second-order valence-corrected chi connectivity index (χ2v) is 11.3. The molecule has 0 aliphatic heterocycles. The maximum atomic E-state index is 13.5. The number of hydrogen-bond acceptors (Lipinski definition) is 5. The van der Waals surface area contributed by atoms with E-state index in [-0.39, 0.29) is 11.6 Å². The average Bonchev–Trinajstić information content (AvgIpc) is 2.97. The summed E-state index contributed by atoms with van der Waals surface area (Å²) >= 11 is 13.4. The number of rotatable bonds is 10. The first-order chi connectivity index (χ1) is 20.2. The van der Waals surface area contributed by atoms with Crippen molar-refractivity contribution < 1.29 is 19.1 Å². The van der Waals surface area contributed by atoms with Gasteiger partial charge in [-0.3, -0.25) is 14.4 Å². The van der Waals surface area contributed by atoms with Gasteiger partial charge in [0.2, 0.25) is 5.91 Å².